The molecule has 1 aromatic heterocycles. The van der Waals surface area contributed by atoms with Gasteiger partial charge in [0.2, 0.25) is 0 Å². The van der Waals surface area contributed by atoms with Crippen molar-refractivity contribution >= 4 is 33.4 Å². The van der Waals surface area contributed by atoms with Gasteiger partial charge >= 0.3 is 5.97 Å². The van der Waals surface area contributed by atoms with E-state index in [9.17, 15) is 9.18 Å². The quantitative estimate of drug-likeness (QED) is 0.911. The van der Waals surface area contributed by atoms with Crippen LogP contribution in [-0.2, 0) is 0 Å². The summed E-state index contributed by atoms with van der Waals surface area (Å²) in [5, 5.41) is 11.5. The van der Waals surface area contributed by atoms with Gasteiger partial charge in [0.1, 0.15) is 11.6 Å². The van der Waals surface area contributed by atoms with Crippen LogP contribution in [-0.4, -0.2) is 21.0 Å². The van der Waals surface area contributed by atoms with E-state index in [0.29, 0.717) is 10.2 Å². The van der Waals surface area contributed by atoms with Crippen LogP contribution < -0.4 is 5.32 Å². The van der Waals surface area contributed by atoms with Crippen LogP contribution in [0.2, 0.25) is 0 Å². The molecular weight excluding hydrogens is 305 g/mol. The Bertz CT molecular complexity index is 607. The highest BCUT2D eigenvalue weighted by Gasteiger charge is 2.07. The predicted octanol–water partition coefficient (Wildman–Crippen LogP) is 2.82. The minimum absolute atomic E-state index is 0.183. The summed E-state index contributed by atoms with van der Waals surface area (Å²) in [5.74, 6) is -1.37. The Morgan fingerprint density at radius 2 is 2.17 bits per heavy atom. The lowest BCUT2D eigenvalue weighted by Gasteiger charge is -2.06. The van der Waals surface area contributed by atoms with E-state index in [1.54, 1.807) is 6.07 Å². The van der Waals surface area contributed by atoms with E-state index in [1.165, 1.54) is 18.3 Å². The molecule has 0 fully saturated rings. The van der Waals surface area contributed by atoms with E-state index in [0.717, 1.165) is 6.20 Å². The molecule has 0 unspecified atom stereocenters. The molecule has 0 saturated carbocycles. The minimum Gasteiger partial charge on any atom is -0.476 e. The van der Waals surface area contributed by atoms with Gasteiger partial charge in [-0.15, -0.1) is 0 Å². The second-order valence-electron chi connectivity index (χ2n) is 3.35. The molecule has 0 aliphatic carbocycles. The number of hydrogen-bond acceptors (Lipinski definition) is 4. The molecule has 7 heteroatoms. The summed E-state index contributed by atoms with van der Waals surface area (Å²) in [7, 11) is 0. The fraction of sp³-hybridized carbons (Fsp3) is 0. The number of carboxylic acids is 1. The zero-order chi connectivity index (χ0) is 13.1. The first-order valence-corrected chi connectivity index (χ1v) is 5.63. The molecule has 0 spiro atoms. The van der Waals surface area contributed by atoms with Crippen LogP contribution in [0.25, 0.3) is 0 Å². The smallest absolute Gasteiger partial charge is 0.356 e. The number of nitrogens with zero attached hydrogens (tertiary/aromatic N) is 2. The molecule has 0 amide bonds. The normalized spacial score (nSPS) is 10.1. The van der Waals surface area contributed by atoms with Gasteiger partial charge in [-0.1, -0.05) is 0 Å². The van der Waals surface area contributed by atoms with Crippen LogP contribution in [0, 0.1) is 5.82 Å². The topological polar surface area (TPSA) is 75.1 Å². The van der Waals surface area contributed by atoms with Gasteiger partial charge in [0.05, 0.1) is 16.9 Å². The Balaban J connectivity index is 2.25. The van der Waals surface area contributed by atoms with Gasteiger partial charge in [0, 0.05) is 5.69 Å². The Hall–Kier alpha value is -2.02. The van der Waals surface area contributed by atoms with Crippen LogP contribution >= 0.6 is 15.9 Å². The summed E-state index contributed by atoms with van der Waals surface area (Å²) in [5.41, 5.74) is 0.269. The van der Waals surface area contributed by atoms with Crippen LogP contribution in [0.15, 0.2) is 35.1 Å². The third-order valence-corrected chi connectivity index (χ3v) is 2.69. The van der Waals surface area contributed by atoms with E-state index in [4.69, 9.17) is 5.11 Å². The van der Waals surface area contributed by atoms with Crippen LogP contribution in [0.4, 0.5) is 15.9 Å². The van der Waals surface area contributed by atoms with Crippen molar-refractivity contribution in [2.75, 3.05) is 5.32 Å². The largest absolute Gasteiger partial charge is 0.476 e. The molecule has 1 aromatic carbocycles. The molecule has 0 aliphatic rings. The lowest BCUT2D eigenvalue weighted by molar-refractivity contribution is 0.0690. The first-order chi connectivity index (χ1) is 8.56. The van der Waals surface area contributed by atoms with Crippen molar-refractivity contribution in [1.82, 2.24) is 9.97 Å². The van der Waals surface area contributed by atoms with Gasteiger partial charge in [-0.25, -0.2) is 14.2 Å². The van der Waals surface area contributed by atoms with Gasteiger partial charge in [0.15, 0.2) is 5.69 Å². The molecule has 92 valence electrons. The number of nitrogens with one attached hydrogen (secondary N) is 1. The van der Waals surface area contributed by atoms with Gasteiger partial charge in [-0.3, -0.25) is 4.98 Å². The number of carboxylic acid groups (broad SMARTS) is 1. The number of aromatic nitrogens is 2. The van der Waals surface area contributed by atoms with Gasteiger partial charge in [0.25, 0.3) is 0 Å². The predicted molar refractivity (Wildman–Crippen MR) is 66.4 cm³/mol. The van der Waals surface area contributed by atoms with E-state index in [1.807, 2.05) is 0 Å². The number of rotatable bonds is 3. The van der Waals surface area contributed by atoms with Gasteiger partial charge in [-0.05, 0) is 34.1 Å². The fourth-order valence-corrected chi connectivity index (χ4v) is 1.50. The first kappa shape index (κ1) is 12.4. The van der Waals surface area contributed by atoms with Crippen molar-refractivity contribution in [3.63, 3.8) is 0 Å². The summed E-state index contributed by atoms with van der Waals surface area (Å²) < 4.78 is 13.6. The van der Waals surface area contributed by atoms with Crippen molar-refractivity contribution in [2.45, 2.75) is 0 Å². The number of benzene rings is 1. The summed E-state index contributed by atoms with van der Waals surface area (Å²) in [6, 6.07) is 4.42. The van der Waals surface area contributed by atoms with E-state index in [2.05, 4.69) is 31.2 Å². The molecule has 5 nitrogen and oxygen atoms in total. The molecule has 0 aliphatic heterocycles. The fourth-order valence-electron chi connectivity index (χ4n) is 1.25. The average molecular weight is 312 g/mol. The molecule has 0 bridgehead atoms. The number of anilines is 2. The van der Waals surface area contributed by atoms with E-state index in [-0.39, 0.29) is 11.5 Å². The molecular formula is C11H7BrFN3O2. The molecule has 0 saturated heterocycles. The molecule has 1 heterocycles. The standard InChI is InChI=1S/C11H7BrFN3O2/c12-7-2-1-6(3-8(7)13)15-10-5-14-4-9(16-10)11(17)18/h1-5H,(H,15,16)(H,17,18). The maximum atomic E-state index is 13.3. The van der Waals surface area contributed by atoms with Gasteiger partial charge in [-0.2, -0.15) is 0 Å². The van der Waals surface area contributed by atoms with Crippen molar-refractivity contribution in [3.8, 4) is 0 Å². The lowest BCUT2D eigenvalue weighted by atomic mass is 10.3. The summed E-state index contributed by atoms with van der Waals surface area (Å²) in [6.45, 7) is 0. The van der Waals surface area contributed by atoms with Crippen LogP contribution in [0.3, 0.4) is 0 Å². The molecule has 2 N–H and O–H groups in total. The number of hydrogen-bond donors (Lipinski definition) is 2. The maximum absolute atomic E-state index is 13.3. The summed E-state index contributed by atoms with van der Waals surface area (Å²) in [4.78, 5) is 18.3. The SMILES string of the molecule is O=C(O)c1cncc(Nc2ccc(Br)c(F)c2)n1. The molecule has 0 radical (unpaired) electrons. The number of carbonyl (C=O) groups is 1. The Kier molecular flexibility index (Phi) is 3.52. The average Bonchev–Trinajstić information content (AvgIpc) is 2.34. The van der Waals surface area contributed by atoms with Crippen LogP contribution in [0.1, 0.15) is 10.5 Å². The van der Waals surface area contributed by atoms with Gasteiger partial charge < -0.3 is 10.4 Å². The molecule has 18 heavy (non-hydrogen) atoms. The van der Waals surface area contributed by atoms with Crippen molar-refractivity contribution in [1.29, 1.82) is 0 Å². The third-order valence-electron chi connectivity index (χ3n) is 2.05. The summed E-state index contributed by atoms with van der Waals surface area (Å²) >= 11 is 3.04. The van der Waals surface area contributed by atoms with Crippen molar-refractivity contribution in [3.05, 3.63) is 46.6 Å². The molecule has 2 aromatic rings. The monoisotopic (exact) mass is 311 g/mol. The second-order valence-corrected chi connectivity index (χ2v) is 4.20. The zero-order valence-electron chi connectivity index (χ0n) is 8.89. The number of halogens is 2. The third kappa shape index (κ3) is 2.80. The molecule has 2 rings (SSSR count). The Labute approximate surface area is 110 Å². The van der Waals surface area contributed by atoms with Crippen LogP contribution in [0.5, 0.6) is 0 Å². The highest BCUT2D eigenvalue weighted by Crippen LogP contribution is 2.21. The second kappa shape index (κ2) is 5.09. The number of aromatic carboxylic acids is 1. The minimum atomic E-state index is -1.17. The zero-order valence-corrected chi connectivity index (χ0v) is 10.5. The Morgan fingerprint density at radius 3 is 2.83 bits per heavy atom. The highest BCUT2D eigenvalue weighted by molar-refractivity contribution is 9.10. The van der Waals surface area contributed by atoms with E-state index < -0.39 is 11.8 Å². The summed E-state index contributed by atoms with van der Waals surface area (Å²) in [6.07, 6.45) is 2.49. The highest BCUT2D eigenvalue weighted by atomic mass is 79.9. The first-order valence-electron chi connectivity index (χ1n) is 4.83. The lowest BCUT2D eigenvalue weighted by Crippen LogP contribution is -2.04. The van der Waals surface area contributed by atoms with Crippen molar-refractivity contribution in [2.24, 2.45) is 0 Å². The Morgan fingerprint density at radius 1 is 1.39 bits per heavy atom. The van der Waals surface area contributed by atoms with Crippen molar-refractivity contribution < 1.29 is 14.3 Å². The maximum Gasteiger partial charge on any atom is 0.356 e. The van der Waals surface area contributed by atoms with E-state index >= 15 is 0 Å². The molecule has 0 atom stereocenters.